The first-order valence-electron chi connectivity index (χ1n) is 21.8. The number of ether oxygens (including phenoxy) is 7. The van der Waals surface area contributed by atoms with Crippen molar-refractivity contribution < 1.29 is 38.3 Å². The van der Waals surface area contributed by atoms with Gasteiger partial charge in [-0.25, -0.2) is 0 Å². The number of para-hydroxylation sites is 8. The van der Waals surface area contributed by atoms with Gasteiger partial charge >= 0.3 is 0 Å². The predicted molar refractivity (Wildman–Crippen MR) is 253 cm³/mol. The van der Waals surface area contributed by atoms with Crippen LogP contribution < -0.4 is 33.2 Å². The minimum atomic E-state index is 0.202. The molecule has 0 aliphatic carbocycles. The summed E-state index contributed by atoms with van der Waals surface area (Å²) in [4.78, 5) is 0. The number of hydrogen-bond donors (Lipinski definition) is 1. The van der Waals surface area contributed by atoms with Crippen LogP contribution in [0.2, 0.25) is 0 Å². The maximum absolute atomic E-state index is 10.2. The van der Waals surface area contributed by atoms with Crippen molar-refractivity contribution in [3.05, 3.63) is 239 Å². The molecule has 8 aromatic carbocycles. The molecule has 65 heavy (non-hydrogen) atoms. The van der Waals surface area contributed by atoms with Gasteiger partial charge in [-0.15, -0.1) is 0 Å². The van der Waals surface area contributed by atoms with Gasteiger partial charge in [-0.3, -0.25) is 0 Å². The average molecular weight is 865 g/mol. The van der Waals surface area contributed by atoms with Gasteiger partial charge in [0, 0.05) is 38.9 Å². The van der Waals surface area contributed by atoms with Gasteiger partial charge in [0.25, 0.3) is 0 Å². The molecule has 0 fully saturated rings. The predicted octanol–water partition coefficient (Wildman–Crippen LogP) is 13.0. The van der Waals surface area contributed by atoms with E-state index in [0.29, 0.717) is 62.5 Å². The molecule has 8 rings (SSSR count). The van der Waals surface area contributed by atoms with Gasteiger partial charge in [0.1, 0.15) is 92.2 Å². The van der Waals surface area contributed by atoms with Gasteiger partial charge in [-0.1, -0.05) is 153 Å². The number of hydrogen-bond acceptors (Lipinski definition) is 8. The Morgan fingerprint density at radius 2 is 0.431 bits per heavy atom. The molecular formula is C57H52O8. The average Bonchev–Trinajstić information content (AvgIpc) is 3.36. The Morgan fingerprint density at radius 1 is 0.246 bits per heavy atom. The van der Waals surface area contributed by atoms with Crippen LogP contribution in [-0.4, -0.2) is 5.11 Å². The van der Waals surface area contributed by atoms with Crippen LogP contribution >= 0.6 is 0 Å². The zero-order valence-electron chi connectivity index (χ0n) is 36.4. The van der Waals surface area contributed by atoms with Crippen LogP contribution in [0.15, 0.2) is 194 Å². The Kier molecular flexibility index (Phi) is 15.2. The van der Waals surface area contributed by atoms with Crippen molar-refractivity contribution in [3.8, 4) is 46.0 Å². The van der Waals surface area contributed by atoms with Crippen LogP contribution in [0.25, 0.3) is 0 Å². The largest absolute Gasteiger partial charge is 0.508 e. The van der Waals surface area contributed by atoms with E-state index in [-0.39, 0.29) is 12.4 Å². The van der Waals surface area contributed by atoms with E-state index in [9.17, 15) is 5.11 Å². The van der Waals surface area contributed by atoms with Crippen LogP contribution in [0.3, 0.4) is 0 Å². The van der Waals surface area contributed by atoms with Gasteiger partial charge < -0.3 is 38.3 Å². The Balaban J connectivity index is 0.861. The minimum absolute atomic E-state index is 0.202. The monoisotopic (exact) mass is 864 g/mol. The normalized spacial score (nSPS) is 10.8. The molecule has 8 nitrogen and oxygen atoms in total. The Hall–Kier alpha value is -7.84. The molecule has 0 aliphatic heterocycles. The molecule has 1 N–H and O–H groups in total. The first-order valence-corrected chi connectivity index (χ1v) is 21.8. The summed E-state index contributed by atoms with van der Waals surface area (Å²) in [5.74, 6) is 5.43. The smallest absolute Gasteiger partial charge is 0.126 e. The van der Waals surface area contributed by atoms with E-state index in [1.807, 2.05) is 176 Å². The number of phenols is 1. The van der Waals surface area contributed by atoms with Crippen molar-refractivity contribution in [1.29, 1.82) is 0 Å². The topological polar surface area (TPSA) is 84.8 Å². The summed E-state index contributed by atoms with van der Waals surface area (Å²) in [6.45, 7) is 4.28. The highest BCUT2D eigenvalue weighted by Crippen LogP contribution is 2.31. The van der Waals surface area contributed by atoms with E-state index in [2.05, 4.69) is 13.0 Å². The minimum Gasteiger partial charge on any atom is -0.508 e. The third-order valence-electron chi connectivity index (χ3n) is 10.9. The maximum Gasteiger partial charge on any atom is 0.126 e. The molecule has 0 aliphatic rings. The van der Waals surface area contributed by atoms with E-state index < -0.39 is 0 Å². The summed E-state index contributed by atoms with van der Waals surface area (Å²) in [6.07, 6.45) is 0.901. The number of aromatic hydroxyl groups is 1. The van der Waals surface area contributed by atoms with Gasteiger partial charge in [0.05, 0.1) is 0 Å². The lowest BCUT2D eigenvalue weighted by atomic mass is 10.1. The number of benzene rings is 8. The molecule has 328 valence electrons. The van der Waals surface area contributed by atoms with E-state index >= 15 is 0 Å². The lowest BCUT2D eigenvalue weighted by Gasteiger charge is -2.17. The van der Waals surface area contributed by atoms with E-state index in [0.717, 1.165) is 62.8 Å². The Bertz CT molecular complexity index is 2760. The van der Waals surface area contributed by atoms with Gasteiger partial charge in [0.2, 0.25) is 0 Å². The van der Waals surface area contributed by atoms with Crippen LogP contribution in [0.1, 0.15) is 51.4 Å². The zero-order chi connectivity index (χ0) is 44.5. The second-order valence-corrected chi connectivity index (χ2v) is 15.3. The molecule has 0 saturated carbocycles. The molecular weight excluding hydrogens is 813 g/mol. The van der Waals surface area contributed by atoms with E-state index in [4.69, 9.17) is 33.2 Å². The van der Waals surface area contributed by atoms with Crippen LogP contribution in [-0.2, 0) is 52.7 Å². The second-order valence-electron chi connectivity index (χ2n) is 15.3. The van der Waals surface area contributed by atoms with Crippen LogP contribution in [0.4, 0.5) is 0 Å². The number of phenolic OH excluding ortho intramolecular Hbond substituents is 1. The number of rotatable bonds is 22. The fourth-order valence-corrected chi connectivity index (χ4v) is 7.24. The standard InChI is InChI=1S/C57H52O8/c1-2-42-19-4-12-28-51(42)60-36-44-21-6-14-30-53(44)62-38-46-23-8-16-32-55(46)64-40-48-25-10-18-34-57(48)65-41-49-26-9-17-33-56(49)63-39-47-24-7-15-31-54(47)61-37-45-22-5-13-29-52(45)59-35-43-20-3-11-27-50(43)58/h3-34,58H,2,35-41H2,1H3. The summed E-state index contributed by atoms with van der Waals surface area (Å²) in [5, 5.41) is 10.2. The van der Waals surface area contributed by atoms with Crippen molar-refractivity contribution in [2.24, 2.45) is 0 Å². The van der Waals surface area contributed by atoms with Gasteiger partial charge in [-0.2, -0.15) is 0 Å². The van der Waals surface area contributed by atoms with Crippen molar-refractivity contribution in [1.82, 2.24) is 0 Å². The molecule has 0 bridgehead atoms. The summed E-state index contributed by atoms with van der Waals surface area (Å²) in [7, 11) is 0. The first kappa shape index (κ1) is 43.8. The lowest BCUT2D eigenvalue weighted by Crippen LogP contribution is -2.06. The van der Waals surface area contributed by atoms with Gasteiger partial charge in [0.15, 0.2) is 0 Å². The third kappa shape index (κ3) is 12.0. The third-order valence-corrected chi connectivity index (χ3v) is 10.9. The molecule has 0 atom stereocenters. The molecule has 0 amide bonds. The van der Waals surface area contributed by atoms with Crippen LogP contribution in [0, 0.1) is 0 Å². The number of aryl methyl sites for hydroxylation is 1. The highest BCUT2D eigenvalue weighted by molar-refractivity contribution is 5.41. The van der Waals surface area contributed by atoms with E-state index in [1.54, 1.807) is 12.1 Å². The van der Waals surface area contributed by atoms with Crippen molar-refractivity contribution in [2.45, 2.75) is 59.6 Å². The van der Waals surface area contributed by atoms with Gasteiger partial charge in [-0.05, 0) is 60.5 Å². The molecule has 0 aromatic heterocycles. The quantitative estimate of drug-likeness (QED) is 0.0721. The summed E-state index contributed by atoms with van der Waals surface area (Å²) >= 11 is 0. The SMILES string of the molecule is CCc1ccccc1OCc1ccccc1OCc1ccccc1OCc1ccccc1OCc1ccccc1OCc1ccccc1OCc1ccccc1OCc1ccccc1O. The highest BCUT2D eigenvalue weighted by Gasteiger charge is 2.14. The molecule has 8 heteroatoms. The molecule has 0 spiro atoms. The fraction of sp³-hybridized carbons (Fsp3) is 0.158. The molecule has 8 aromatic rings. The lowest BCUT2D eigenvalue weighted by molar-refractivity contribution is 0.248. The molecule has 0 radical (unpaired) electrons. The molecule has 0 unspecified atom stereocenters. The molecule has 0 heterocycles. The van der Waals surface area contributed by atoms with Crippen molar-refractivity contribution >= 4 is 0 Å². The highest BCUT2D eigenvalue weighted by atomic mass is 16.5. The first-order chi connectivity index (χ1) is 32.1. The summed E-state index contributed by atoms with van der Waals surface area (Å²) in [6, 6.07) is 62.6. The van der Waals surface area contributed by atoms with Crippen molar-refractivity contribution in [3.63, 3.8) is 0 Å². The Morgan fingerprint density at radius 3 is 0.677 bits per heavy atom. The molecule has 0 saturated heterocycles. The van der Waals surface area contributed by atoms with Crippen LogP contribution in [0.5, 0.6) is 46.0 Å². The maximum atomic E-state index is 10.2. The second kappa shape index (κ2) is 22.5. The fourth-order valence-electron chi connectivity index (χ4n) is 7.24. The Labute approximate surface area is 381 Å². The summed E-state index contributed by atoms with van der Waals surface area (Å²) in [5.41, 5.74) is 7.38. The van der Waals surface area contributed by atoms with E-state index in [1.165, 1.54) is 5.56 Å². The summed E-state index contributed by atoms with van der Waals surface area (Å²) < 4.78 is 44.4. The zero-order valence-corrected chi connectivity index (χ0v) is 36.4. The van der Waals surface area contributed by atoms with Crippen molar-refractivity contribution in [2.75, 3.05) is 0 Å².